The predicted molar refractivity (Wildman–Crippen MR) is 98.4 cm³/mol. The molecule has 3 rings (SSSR count). The van der Waals surface area contributed by atoms with E-state index in [1.165, 1.54) is 0 Å². The van der Waals surface area contributed by atoms with Crippen molar-refractivity contribution in [2.24, 2.45) is 5.92 Å². The molecular formula is C21H15ClN2O2. The van der Waals surface area contributed by atoms with Crippen molar-refractivity contribution >= 4 is 23.5 Å². The first-order chi connectivity index (χ1) is 12.7. The summed E-state index contributed by atoms with van der Waals surface area (Å²) in [4.78, 5) is 11.3. The molecule has 0 saturated heterocycles. The number of halogens is 1. The van der Waals surface area contributed by atoms with Gasteiger partial charge in [0.25, 0.3) is 0 Å². The summed E-state index contributed by atoms with van der Waals surface area (Å²) in [6, 6.07) is 18.6. The molecule has 0 spiro atoms. The minimum Gasteiger partial charge on any atom is -0.492 e. The number of nitriles is 2. The maximum absolute atomic E-state index is 11.3. The molecule has 2 atom stereocenters. The second-order valence-electron chi connectivity index (χ2n) is 5.99. The molecule has 0 fully saturated rings. The van der Waals surface area contributed by atoms with E-state index in [9.17, 15) is 15.3 Å². The Balaban J connectivity index is 2.16. The van der Waals surface area contributed by atoms with E-state index in [4.69, 9.17) is 16.3 Å². The molecule has 2 aromatic rings. The summed E-state index contributed by atoms with van der Waals surface area (Å²) in [5, 5.41) is 19.6. The first-order valence-corrected chi connectivity index (χ1v) is 8.53. The Morgan fingerprint density at radius 1 is 1.19 bits per heavy atom. The number of rotatable bonds is 4. The quantitative estimate of drug-likeness (QED) is 0.592. The molecule has 0 aromatic heterocycles. The summed E-state index contributed by atoms with van der Waals surface area (Å²) in [7, 11) is 0. The number of ether oxygens (including phenoxy) is 1. The van der Waals surface area contributed by atoms with Gasteiger partial charge in [0.05, 0.1) is 6.61 Å². The Hall–Kier alpha value is -3.08. The third-order valence-electron chi connectivity index (χ3n) is 4.59. The standard InChI is InChI=1S/C21H15ClN2O2/c22-16-7-5-14(6-8-16)17(9-10-25)19-13-26-20-4-2-1-3-18(20)21(19)15(11-23)12-24/h1-8,10,17,19H,9,13H2/t17-,19-/m0/s1. The van der Waals surface area contributed by atoms with Crippen LogP contribution in [0.4, 0.5) is 0 Å². The van der Waals surface area contributed by atoms with Gasteiger partial charge in [0, 0.05) is 28.8 Å². The van der Waals surface area contributed by atoms with Gasteiger partial charge < -0.3 is 9.53 Å². The Morgan fingerprint density at radius 3 is 2.54 bits per heavy atom. The minimum atomic E-state index is -0.287. The lowest BCUT2D eigenvalue weighted by molar-refractivity contribution is -0.108. The van der Waals surface area contributed by atoms with Crippen molar-refractivity contribution in [3.63, 3.8) is 0 Å². The Bertz CT molecular complexity index is 920. The summed E-state index contributed by atoms with van der Waals surface area (Å²) in [6.45, 7) is 0.292. The molecule has 26 heavy (non-hydrogen) atoms. The number of nitrogens with zero attached hydrogens (tertiary/aromatic N) is 2. The van der Waals surface area contributed by atoms with Gasteiger partial charge in [-0.05, 0) is 29.3 Å². The first-order valence-electron chi connectivity index (χ1n) is 8.15. The molecule has 0 aliphatic carbocycles. The van der Waals surface area contributed by atoms with Crippen molar-refractivity contribution < 1.29 is 9.53 Å². The van der Waals surface area contributed by atoms with E-state index in [1.54, 1.807) is 12.1 Å². The van der Waals surface area contributed by atoms with E-state index in [1.807, 2.05) is 48.5 Å². The van der Waals surface area contributed by atoms with Gasteiger partial charge in [-0.3, -0.25) is 0 Å². The van der Waals surface area contributed by atoms with Crippen LogP contribution in [0.25, 0.3) is 5.57 Å². The average Bonchev–Trinajstić information content (AvgIpc) is 2.68. The third-order valence-corrected chi connectivity index (χ3v) is 4.85. The highest BCUT2D eigenvalue weighted by Gasteiger charge is 2.34. The highest BCUT2D eigenvalue weighted by atomic mass is 35.5. The smallest absolute Gasteiger partial charge is 0.134 e. The normalized spacial score (nSPS) is 16.4. The molecule has 0 bridgehead atoms. The molecular weight excluding hydrogens is 348 g/mol. The summed E-state index contributed by atoms with van der Waals surface area (Å²) in [5.41, 5.74) is 2.34. The topological polar surface area (TPSA) is 73.9 Å². The van der Waals surface area contributed by atoms with Gasteiger partial charge in [-0.15, -0.1) is 0 Å². The predicted octanol–water partition coefficient (Wildman–Crippen LogP) is 4.52. The van der Waals surface area contributed by atoms with E-state index >= 15 is 0 Å². The summed E-state index contributed by atoms with van der Waals surface area (Å²) in [6.07, 6.45) is 1.11. The van der Waals surface area contributed by atoms with Crippen LogP contribution in [-0.2, 0) is 4.79 Å². The SMILES string of the molecule is N#CC(C#N)=C1c2ccccc2OC[C@H]1[C@@H](CC=O)c1ccc(Cl)cc1. The monoisotopic (exact) mass is 362 g/mol. The molecule has 0 unspecified atom stereocenters. The minimum absolute atomic E-state index is 0.0515. The van der Waals surface area contributed by atoms with Crippen LogP contribution in [0.3, 0.4) is 0 Å². The maximum atomic E-state index is 11.3. The summed E-state index contributed by atoms with van der Waals surface area (Å²) in [5.74, 6) is 0.137. The highest BCUT2D eigenvalue weighted by molar-refractivity contribution is 6.30. The first kappa shape index (κ1) is 17.7. The lowest BCUT2D eigenvalue weighted by atomic mass is 9.75. The average molecular weight is 363 g/mol. The Kier molecular flexibility index (Phi) is 5.37. The van der Waals surface area contributed by atoms with Crippen LogP contribution in [0.2, 0.25) is 5.02 Å². The van der Waals surface area contributed by atoms with Crippen molar-refractivity contribution in [1.82, 2.24) is 0 Å². The van der Waals surface area contributed by atoms with E-state index in [2.05, 4.69) is 0 Å². The fraction of sp³-hybridized carbons (Fsp3) is 0.190. The van der Waals surface area contributed by atoms with Crippen molar-refractivity contribution in [3.8, 4) is 17.9 Å². The lowest BCUT2D eigenvalue weighted by Crippen LogP contribution is -2.27. The van der Waals surface area contributed by atoms with E-state index < -0.39 is 0 Å². The van der Waals surface area contributed by atoms with Crippen LogP contribution >= 0.6 is 11.6 Å². The van der Waals surface area contributed by atoms with Gasteiger partial charge in [0.15, 0.2) is 0 Å². The van der Waals surface area contributed by atoms with E-state index in [0.717, 1.165) is 17.4 Å². The van der Waals surface area contributed by atoms with Crippen LogP contribution in [0.1, 0.15) is 23.5 Å². The molecule has 4 nitrogen and oxygen atoms in total. The molecule has 5 heteroatoms. The second-order valence-corrected chi connectivity index (χ2v) is 6.42. The van der Waals surface area contributed by atoms with Crippen LogP contribution in [0.5, 0.6) is 5.75 Å². The number of carbonyl (C=O) groups excluding carboxylic acids is 1. The van der Waals surface area contributed by atoms with Gasteiger partial charge in [0.2, 0.25) is 0 Å². The summed E-state index contributed by atoms with van der Waals surface area (Å²) >= 11 is 5.98. The molecule has 0 N–H and O–H groups in total. The van der Waals surface area contributed by atoms with Crippen LogP contribution in [-0.4, -0.2) is 12.9 Å². The number of benzene rings is 2. The zero-order valence-corrected chi connectivity index (χ0v) is 14.6. The number of hydrogen-bond donors (Lipinski definition) is 0. The van der Waals surface area contributed by atoms with Crippen molar-refractivity contribution in [3.05, 3.63) is 70.3 Å². The number of fused-ring (bicyclic) bond motifs is 1. The van der Waals surface area contributed by atoms with Crippen LogP contribution in [0, 0.1) is 28.6 Å². The van der Waals surface area contributed by atoms with Gasteiger partial charge >= 0.3 is 0 Å². The van der Waals surface area contributed by atoms with Gasteiger partial charge in [-0.2, -0.15) is 10.5 Å². The number of hydrogen-bond acceptors (Lipinski definition) is 4. The molecule has 0 saturated carbocycles. The second kappa shape index (κ2) is 7.87. The third kappa shape index (κ3) is 3.33. The fourth-order valence-electron chi connectivity index (χ4n) is 3.41. The Morgan fingerprint density at radius 2 is 1.88 bits per heavy atom. The maximum Gasteiger partial charge on any atom is 0.134 e. The van der Waals surface area contributed by atoms with E-state index in [0.29, 0.717) is 23.0 Å². The number of carbonyl (C=O) groups is 1. The van der Waals surface area contributed by atoms with Gasteiger partial charge in [-0.1, -0.05) is 41.9 Å². The number of aldehydes is 1. The molecule has 1 aliphatic rings. The molecule has 0 radical (unpaired) electrons. The Labute approximate surface area is 156 Å². The summed E-state index contributed by atoms with van der Waals surface area (Å²) < 4.78 is 5.88. The molecule has 1 aliphatic heterocycles. The van der Waals surface area contributed by atoms with Crippen LogP contribution < -0.4 is 4.74 Å². The number of para-hydroxylation sites is 1. The zero-order valence-electron chi connectivity index (χ0n) is 13.9. The molecule has 0 amide bonds. The highest BCUT2D eigenvalue weighted by Crippen LogP contribution is 2.45. The van der Waals surface area contributed by atoms with Crippen molar-refractivity contribution in [2.75, 3.05) is 6.61 Å². The molecule has 2 aromatic carbocycles. The van der Waals surface area contributed by atoms with E-state index in [-0.39, 0.29) is 23.8 Å². The largest absolute Gasteiger partial charge is 0.492 e. The van der Waals surface area contributed by atoms with Crippen LogP contribution in [0.15, 0.2) is 54.1 Å². The van der Waals surface area contributed by atoms with Gasteiger partial charge in [0.1, 0.15) is 29.7 Å². The molecule has 128 valence electrons. The van der Waals surface area contributed by atoms with Gasteiger partial charge in [-0.25, -0.2) is 0 Å². The molecule has 1 heterocycles. The lowest BCUT2D eigenvalue weighted by Gasteiger charge is -2.33. The fourth-order valence-corrected chi connectivity index (χ4v) is 3.53. The van der Waals surface area contributed by atoms with Crippen molar-refractivity contribution in [2.45, 2.75) is 12.3 Å². The zero-order chi connectivity index (χ0) is 18.5. The van der Waals surface area contributed by atoms with Crippen molar-refractivity contribution in [1.29, 1.82) is 10.5 Å². The number of allylic oxidation sites excluding steroid dienone is 1.